The van der Waals surface area contributed by atoms with E-state index in [2.05, 4.69) is 44.8 Å². The van der Waals surface area contributed by atoms with Crippen molar-refractivity contribution in [3.8, 4) is 0 Å². The van der Waals surface area contributed by atoms with Crippen molar-refractivity contribution in [2.24, 2.45) is 5.41 Å². The van der Waals surface area contributed by atoms with Crippen molar-refractivity contribution in [1.82, 2.24) is 10.2 Å². The SMILES string of the molecule is CCCNC1CCC(C)(C)CC1N(CC)CCOCC. The first-order valence-electron chi connectivity index (χ1n) is 8.59. The second kappa shape index (κ2) is 9.01. The number of nitrogens with one attached hydrogen (secondary N) is 1. The van der Waals surface area contributed by atoms with Gasteiger partial charge in [-0.25, -0.2) is 0 Å². The maximum Gasteiger partial charge on any atom is 0.0593 e. The van der Waals surface area contributed by atoms with E-state index in [-0.39, 0.29) is 0 Å². The molecule has 120 valence electrons. The first-order chi connectivity index (χ1) is 9.54. The molecule has 3 heteroatoms. The third-order valence-corrected chi connectivity index (χ3v) is 4.62. The summed E-state index contributed by atoms with van der Waals surface area (Å²) in [6.45, 7) is 16.5. The van der Waals surface area contributed by atoms with Crippen molar-refractivity contribution in [3.63, 3.8) is 0 Å². The second-order valence-corrected chi connectivity index (χ2v) is 6.86. The van der Waals surface area contributed by atoms with Crippen molar-refractivity contribution < 1.29 is 4.74 Å². The van der Waals surface area contributed by atoms with Crippen LogP contribution in [0.25, 0.3) is 0 Å². The zero-order valence-corrected chi connectivity index (χ0v) is 14.4. The molecule has 0 amide bonds. The molecule has 2 atom stereocenters. The number of rotatable bonds is 9. The molecule has 0 aromatic carbocycles. The number of ether oxygens (including phenoxy) is 1. The molecule has 0 bridgehead atoms. The number of hydrogen-bond acceptors (Lipinski definition) is 3. The summed E-state index contributed by atoms with van der Waals surface area (Å²) < 4.78 is 5.56. The lowest BCUT2D eigenvalue weighted by Gasteiger charge is -2.46. The van der Waals surface area contributed by atoms with Crippen LogP contribution in [0.4, 0.5) is 0 Å². The van der Waals surface area contributed by atoms with Gasteiger partial charge in [0.05, 0.1) is 6.61 Å². The van der Waals surface area contributed by atoms with E-state index in [0.29, 0.717) is 17.5 Å². The molecule has 1 rings (SSSR count). The third-order valence-electron chi connectivity index (χ3n) is 4.62. The van der Waals surface area contributed by atoms with Gasteiger partial charge >= 0.3 is 0 Å². The van der Waals surface area contributed by atoms with Crippen LogP contribution in [0.2, 0.25) is 0 Å². The number of hydrogen-bond donors (Lipinski definition) is 1. The summed E-state index contributed by atoms with van der Waals surface area (Å²) in [6, 6.07) is 1.32. The molecule has 0 spiro atoms. The van der Waals surface area contributed by atoms with Gasteiger partial charge in [-0.05, 0) is 51.1 Å². The maximum absolute atomic E-state index is 5.56. The Kier molecular flexibility index (Phi) is 8.08. The summed E-state index contributed by atoms with van der Waals surface area (Å²) in [6.07, 6.45) is 5.17. The van der Waals surface area contributed by atoms with Gasteiger partial charge in [0, 0.05) is 25.2 Å². The topological polar surface area (TPSA) is 24.5 Å². The number of likely N-dealkylation sites (N-methyl/N-ethyl adjacent to an activating group) is 1. The quantitative estimate of drug-likeness (QED) is 0.658. The lowest BCUT2D eigenvalue weighted by atomic mass is 9.72. The van der Waals surface area contributed by atoms with Gasteiger partial charge in [0.1, 0.15) is 0 Å². The monoisotopic (exact) mass is 284 g/mol. The maximum atomic E-state index is 5.56. The normalized spacial score (nSPS) is 26.1. The summed E-state index contributed by atoms with van der Waals surface area (Å²) >= 11 is 0. The van der Waals surface area contributed by atoms with Crippen LogP contribution in [0.5, 0.6) is 0 Å². The summed E-state index contributed by atoms with van der Waals surface area (Å²) in [5.74, 6) is 0. The number of nitrogens with zero attached hydrogens (tertiary/aromatic N) is 1. The lowest BCUT2D eigenvalue weighted by Crippen LogP contribution is -2.55. The van der Waals surface area contributed by atoms with E-state index in [9.17, 15) is 0 Å². The van der Waals surface area contributed by atoms with Gasteiger partial charge in [-0.15, -0.1) is 0 Å². The highest BCUT2D eigenvalue weighted by molar-refractivity contribution is 4.94. The van der Waals surface area contributed by atoms with Crippen molar-refractivity contribution >= 4 is 0 Å². The molecule has 1 aliphatic rings. The van der Waals surface area contributed by atoms with Gasteiger partial charge in [0.25, 0.3) is 0 Å². The van der Waals surface area contributed by atoms with Crippen LogP contribution in [0.1, 0.15) is 60.3 Å². The smallest absolute Gasteiger partial charge is 0.0593 e. The minimum absolute atomic E-state index is 0.480. The molecule has 0 aromatic rings. The Morgan fingerprint density at radius 1 is 1.25 bits per heavy atom. The second-order valence-electron chi connectivity index (χ2n) is 6.86. The van der Waals surface area contributed by atoms with E-state index in [1.807, 2.05) is 0 Å². The standard InChI is InChI=1S/C17H36N2O/c1-6-11-18-15-9-10-17(4,5)14-16(15)19(7-2)12-13-20-8-3/h15-16,18H,6-14H2,1-5H3. The molecule has 2 unspecified atom stereocenters. The highest BCUT2D eigenvalue weighted by atomic mass is 16.5. The fourth-order valence-corrected chi connectivity index (χ4v) is 3.39. The van der Waals surface area contributed by atoms with Crippen LogP contribution < -0.4 is 5.32 Å². The Hall–Kier alpha value is -0.120. The average molecular weight is 284 g/mol. The van der Waals surface area contributed by atoms with E-state index in [1.165, 1.54) is 25.7 Å². The Morgan fingerprint density at radius 2 is 2.00 bits per heavy atom. The van der Waals surface area contributed by atoms with Gasteiger partial charge in [-0.1, -0.05) is 27.7 Å². The van der Waals surface area contributed by atoms with E-state index in [1.54, 1.807) is 0 Å². The predicted molar refractivity (Wildman–Crippen MR) is 87.2 cm³/mol. The zero-order valence-electron chi connectivity index (χ0n) is 14.4. The molecule has 1 N–H and O–H groups in total. The zero-order chi connectivity index (χ0) is 15.0. The summed E-state index contributed by atoms with van der Waals surface area (Å²) in [5, 5.41) is 3.78. The van der Waals surface area contributed by atoms with Crippen LogP contribution >= 0.6 is 0 Å². The summed E-state index contributed by atoms with van der Waals surface area (Å²) in [7, 11) is 0. The molecule has 1 aliphatic carbocycles. The van der Waals surface area contributed by atoms with E-state index in [4.69, 9.17) is 4.74 Å². The van der Waals surface area contributed by atoms with Crippen LogP contribution in [-0.4, -0.2) is 49.8 Å². The molecule has 0 saturated heterocycles. The molecular weight excluding hydrogens is 248 g/mol. The molecule has 1 saturated carbocycles. The fourth-order valence-electron chi connectivity index (χ4n) is 3.39. The molecule has 0 aliphatic heterocycles. The predicted octanol–water partition coefficient (Wildman–Crippen LogP) is 3.29. The largest absolute Gasteiger partial charge is 0.380 e. The van der Waals surface area contributed by atoms with Crippen LogP contribution in [0.3, 0.4) is 0 Å². The molecular formula is C17H36N2O. The average Bonchev–Trinajstić information content (AvgIpc) is 2.42. The van der Waals surface area contributed by atoms with Crippen molar-refractivity contribution in [2.75, 3.05) is 32.8 Å². The fraction of sp³-hybridized carbons (Fsp3) is 1.00. The molecule has 0 heterocycles. The molecule has 0 radical (unpaired) electrons. The minimum atomic E-state index is 0.480. The minimum Gasteiger partial charge on any atom is -0.380 e. The van der Waals surface area contributed by atoms with Gasteiger partial charge in [-0.2, -0.15) is 0 Å². The van der Waals surface area contributed by atoms with Gasteiger partial charge < -0.3 is 10.1 Å². The highest BCUT2D eigenvalue weighted by Gasteiger charge is 2.37. The van der Waals surface area contributed by atoms with Crippen molar-refractivity contribution in [3.05, 3.63) is 0 Å². The Balaban J connectivity index is 2.64. The van der Waals surface area contributed by atoms with Crippen LogP contribution in [-0.2, 0) is 4.74 Å². The Morgan fingerprint density at radius 3 is 2.60 bits per heavy atom. The Labute approximate surface area is 126 Å². The van der Waals surface area contributed by atoms with Gasteiger partial charge in [0.2, 0.25) is 0 Å². The molecule has 0 aromatic heterocycles. The third kappa shape index (κ3) is 5.71. The Bertz CT molecular complexity index is 255. The first kappa shape index (κ1) is 17.9. The van der Waals surface area contributed by atoms with E-state index >= 15 is 0 Å². The van der Waals surface area contributed by atoms with Crippen LogP contribution in [0.15, 0.2) is 0 Å². The van der Waals surface area contributed by atoms with Crippen molar-refractivity contribution in [2.45, 2.75) is 72.4 Å². The summed E-state index contributed by atoms with van der Waals surface area (Å²) in [5.41, 5.74) is 0.480. The summed E-state index contributed by atoms with van der Waals surface area (Å²) in [4.78, 5) is 2.63. The lowest BCUT2D eigenvalue weighted by molar-refractivity contribution is 0.0415. The molecule has 3 nitrogen and oxygen atoms in total. The van der Waals surface area contributed by atoms with Crippen molar-refractivity contribution in [1.29, 1.82) is 0 Å². The van der Waals surface area contributed by atoms with Crippen LogP contribution in [0, 0.1) is 5.41 Å². The van der Waals surface area contributed by atoms with E-state index < -0.39 is 0 Å². The highest BCUT2D eigenvalue weighted by Crippen LogP contribution is 2.37. The molecule has 1 fully saturated rings. The van der Waals surface area contributed by atoms with Gasteiger partial charge in [-0.3, -0.25) is 4.90 Å². The van der Waals surface area contributed by atoms with E-state index in [0.717, 1.165) is 32.8 Å². The molecule has 20 heavy (non-hydrogen) atoms. The van der Waals surface area contributed by atoms with Gasteiger partial charge in [0.15, 0.2) is 0 Å². The first-order valence-corrected chi connectivity index (χ1v) is 8.59.